The molecule has 0 aliphatic carbocycles. The Morgan fingerprint density at radius 1 is 1.24 bits per heavy atom. The lowest BCUT2D eigenvalue weighted by Crippen LogP contribution is -2.29. The number of amides is 1. The molecule has 0 atom stereocenters. The van der Waals surface area contributed by atoms with Crippen molar-refractivity contribution >= 4 is 34.0 Å². The lowest BCUT2D eigenvalue weighted by Gasteiger charge is -2.16. The first-order chi connectivity index (χ1) is 12.0. The van der Waals surface area contributed by atoms with E-state index in [9.17, 15) is 9.18 Å². The number of aromatic amines is 1. The molecule has 0 saturated carbocycles. The third-order valence-corrected chi connectivity index (χ3v) is 4.80. The van der Waals surface area contributed by atoms with Crippen molar-refractivity contribution in [3.8, 4) is 0 Å². The number of nitrogens with zero attached hydrogens (tertiary/aromatic N) is 1. The SMILES string of the molecule is Cc1ccccc1C1=CCN(C(=O)c2cc3c(F)cc(Cl)cc3[nH]2)C1. The van der Waals surface area contributed by atoms with Gasteiger partial charge in [0.25, 0.3) is 5.91 Å². The number of nitrogens with one attached hydrogen (secondary N) is 1. The van der Waals surface area contributed by atoms with Gasteiger partial charge in [0, 0.05) is 23.5 Å². The standard InChI is InChI=1S/C20H16ClFN2O/c1-12-4-2-3-5-15(12)13-6-7-24(11-13)20(25)19-10-16-17(22)8-14(21)9-18(16)23-19/h2-6,8-10,23H,7,11H2,1H3. The first-order valence-corrected chi connectivity index (χ1v) is 8.43. The van der Waals surface area contributed by atoms with Gasteiger partial charge in [-0.1, -0.05) is 41.9 Å². The maximum Gasteiger partial charge on any atom is 0.270 e. The number of fused-ring (bicyclic) bond motifs is 1. The van der Waals surface area contributed by atoms with Crippen molar-refractivity contribution in [2.45, 2.75) is 6.92 Å². The fourth-order valence-corrected chi connectivity index (χ4v) is 3.49. The van der Waals surface area contributed by atoms with Crippen LogP contribution in [0.4, 0.5) is 4.39 Å². The second kappa shape index (κ2) is 6.05. The molecule has 126 valence electrons. The summed E-state index contributed by atoms with van der Waals surface area (Å²) in [5, 5.41) is 0.676. The van der Waals surface area contributed by atoms with Crippen molar-refractivity contribution in [2.75, 3.05) is 13.1 Å². The zero-order chi connectivity index (χ0) is 17.6. The van der Waals surface area contributed by atoms with E-state index in [1.54, 1.807) is 17.0 Å². The summed E-state index contributed by atoms with van der Waals surface area (Å²) in [5.74, 6) is -0.579. The first kappa shape index (κ1) is 15.9. The van der Waals surface area contributed by atoms with Crippen molar-refractivity contribution in [1.29, 1.82) is 0 Å². The summed E-state index contributed by atoms with van der Waals surface area (Å²) < 4.78 is 14.0. The molecular weight excluding hydrogens is 339 g/mol. The quantitative estimate of drug-likeness (QED) is 0.704. The molecule has 0 fully saturated rings. The molecule has 0 spiro atoms. The summed E-state index contributed by atoms with van der Waals surface area (Å²) in [6.07, 6.45) is 2.07. The maximum atomic E-state index is 14.0. The van der Waals surface area contributed by atoms with Gasteiger partial charge in [-0.3, -0.25) is 4.79 Å². The molecule has 0 unspecified atom stereocenters. The minimum absolute atomic E-state index is 0.147. The van der Waals surface area contributed by atoms with Crippen molar-refractivity contribution in [3.63, 3.8) is 0 Å². The highest BCUT2D eigenvalue weighted by atomic mass is 35.5. The number of hydrogen-bond acceptors (Lipinski definition) is 1. The minimum atomic E-state index is -0.432. The van der Waals surface area contributed by atoms with Crippen molar-refractivity contribution in [2.24, 2.45) is 0 Å². The zero-order valence-corrected chi connectivity index (χ0v) is 14.4. The first-order valence-electron chi connectivity index (χ1n) is 8.05. The molecule has 1 amide bonds. The lowest BCUT2D eigenvalue weighted by molar-refractivity contribution is 0.0796. The monoisotopic (exact) mass is 354 g/mol. The van der Waals surface area contributed by atoms with Gasteiger partial charge in [0.1, 0.15) is 11.5 Å². The van der Waals surface area contributed by atoms with E-state index in [4.69, 9.17) is 11.6 Å². The molecule has 4 rings (SSSR count). The van der Waals surface area contributed by atoms with Gasteiger partial charge < -0.3 is 9.88 Å². The number of H-pyrrole nitrogens is 1. The highest BCUT2D eigenvalue weighted by Gasteiger charge is 2.24. The molecule has 2 aromatic carbocycles. The van der Waals surface area contributed by atoms with Gasteiger partial charge in [0.05, 0.1) is 5.52 Å². The van der Waals surface area contributed by atoms with Crippen LogP contribution in [-0.2, 0) is 0 Å². The van der Waals surface area contributed by atoms with Crippen LogP contribution in [0, 0.1) is 12.7 Å². The number of rotatable bonds is 2. The third-order valence-electron chi connectivity index (χ3n) is 4.58. The predicted octanol–water partition coefficient (Wildman–Crippen LogP) is 4.81. The largest absolute Gasteiger partial charge is 0.350 e. The number of aromatic nitrogens is 1. The molecule has 2 heterocycles. The summed E-state index contributed by atoms with van der Waals surface area (Å²) in [5.41, 5.74) is 4.38. The fourth-order valence-electron chi connectivity index (χ4n) is 3.28. The molecule has 25 heavy (non-hydrogen) atoms. The summed E-state index contributed by atoms with van der Waals surface area (Å²) in [6, 6.07) is 12.5. The highest BCUT2D eigenvalue weighted by Crippen LogP contribution is 2.27. The Balaban J connectivity index is 1.59. The predicted molar refractivity (Wildman–Crippen MR) is 98.3 cm³/mol. The van der Waals surface area contributed by atoms with E-state index in [1.165, 1.54) is 11.6 Å². The number of halogens is 2. The second-order valence-corrected chi connectivity index (χ2v) is 6.70. The molecule has 1 N–H and O–H groups in total. The van der Waals surface area contributed by atoms with Crippen LogP contribution in [0.15, 0.2) is 48.5 Å². The van der Waals surface area contributed by atoms with Gasteiger partial charge in [-0.05, 0) is 41.8 Å². The topological polar surface area (TPSA) is 36.1 Å². The Morgan fingerprint density at radius 2 is 2.04 bits per heavy atom. The van der Waals surface area contributed by atoms with Crippen molar-refractivity contribution in [3.05, 3.63) is 76.2 Å². The van der Waals surface area contributed by atoms with Gasteiger partial charge in [-0.25, -0.2) is 4.39 Å². The average Bonchev–Trinajstić information content (AvgIpc) is 3.21. The van der Waals surface area contributed by atoms with E-state index in [-0.39, 0.29) is 5.91 Å². The molecule has 1 aliphatic heterocycles. The molecular formula is C20H16ClFN2O. The van der Waals surface area contributed by atoms with Crippen molar-refractivity contribution in [1.82, 2.24) is 9.88 Å². The van der Waals surface area contributed by atoms with Gasteiger partial charge >= 0.3 is 0 Å². The van der Waals surface area contributed by atoms with E-state index in [1.807, 2.05) is 12.1 Å². The molecule has 3 nitrogen and oxygen atoms in total. The lowest BCUT2D eigenvalue weighted by atomic mass is 10.0. The Bertz CT molecular complexity index is 1020. The van der Waals surface area contributed by atoms with E-state index in [0.717, 1.165) is 11.1 Å². The Hall–Kier alpha value is -2.59. The Labute approximate surface area is 149 Å². The number of benzene rings is 2. The Morgan fingerprint density at radius 3 is 2.84 bits per heavy atom. The van der Waals surface area contributed by atoms with Crippen LogP contribution >= 0.6 is 11.6 Å². The smallest absolute Gasteiger partial charge is 0.270 e. The van der Waals surface area contributed by atoms with Crippen LogP contribution in [0.2, 0.25) is 5.02 Å². The fraction of sp³-hybridized carbons (Fsp3) is 0.150. The molecule has 0 radical (unpaired) electrons. The number of aryl methyl sites for hydroxylation is 1. The van der Waals surface area contributed by atoms with E-state index in [2.05, 4.69) is 30.1 Å². The molecule has 3 aromatic rings. The van der Waals surface area contributed by atoms with Crippen LogP contribution in [0.5, 0.6) is 0 Å². The van der Waals surface area contributed by atoms with Crippen LogP contribution in [0.25, 0.3) is 16.5 Å². The van der Waals surface area contributed by atoms with Gasteiger partial charge in [0.15, 0.2) is 0 Å². The molecule has 5 heteroatoms. The number of hydrogen-bond donors (Lipinski definition) is 1. The number of carbonyl (C=O) groups is 1. The number of carbonyl (C=O) groups excluding carboxylic acids is 1. The van der Waals surface area contributed by atoms with Crippen LogP contribution in [0.3, 0.4) is 0 Å². The summed E-state index contributed by atoms with van der Waals surface area (Å²) in [6.45, 7) is 3.15. The molecule has 1 aromatic heterocycles. The van der Waals surface area contributed by atoms with Crippen LogP contribution in [0.1, 0.15) is 21.6 Å². The Kier molecular flexibility index (Phi) is 3.85. The average molecular weight is 355 g/mol. The van der Waals surface area contributed by atoms with E-state index in [0.29, 0.717) is 34.7 Å². The van der Waals surface area contributed by atoms with E-state index < -0.39 is 5.82 Å². The van der Waals surface area contributed by atoms with Crippen molar-refractivity contribution < 1.29 is 9.18 Å². The minimum Gasteiger partial charge on any atom is -0.350 e. The second-order valence-electron chi connectivity index (χ2n) is 6.26. The van der Waals surface area contributed by atoms with Crippen LogP contribution in [-0.4, -0.2) is 28.9 Å². The molecule has 0 bridgehead atoms. The maximum absolute atomic E-state index is 14.0. The molecule has 0 saturated heterocycles. The third kappa shape index (κ3) is 2.83. The highest BCUT2D eigenvalue weighted by molar-refractivity contribution is 6.31. The van der Waals surface area contributed by atoms with E-state index >= 15 is 0 Å². The summed E-state index contributed by atoms with van der Waals surface area (Å²) in [4.78, 5) is 17.5. The summed E-state index contributed by atoms with van der Waals surface area (Å²) >= 11 is 5.88. The summed E-state index contributed by atoms with van der Waals surface area (Å²) in [7, 11) is 0. The van der Waals surface area contributed by atoms with Gasteiger partial charge in [-0.2, -0.15) is 0 Å². The zero-order valence-electron chi connectivity index (χ0n) is 13.6. The normalized spacial score (nSPS) is 14.2. The van der Waals surface area contributed by atoms with Gasteiger partial charge in [-0.15, -0.1) is 0 Å². The molecule has 1 aliphatic rings. The van der Waals surface area contributed by atoms with Crippen LogP contribution < -0.4 is 0 Å². The van der Waals surface area contributed by atoms with Gasteiger partial charge in [0.2, 0.25) is 0 Å².